The van der Waals surface area contributed by atoms with E-state index in [1.54, 1.807) is 0 Å². The van der Waals surface area contributed by atoms with Gasteiger partial charge in [-0.25, -0.2) is 0 Å². The summed E-state index contributed by atoms with van der Waals surface area (Å²) in [7, 11) is 0. The molecule has 0 radical (unpaired) electrons. The standard InChI is InChI=1S/C44H50ClN3O4/c1-43(2,3)27-37-44(34-24-19-31(45)26-36(34)47-42(44)52)35(25-28-13-7-4-8-14-28)39(41(51)46-32-20-22-33(49)23-21-32)48(37)38(29-15-9-5-10-16-29)40(50)30-17-11-6-12-18-30/h4-19,24,26,32-33,35,37-40,49-50H,20-23,25,27H2,1-3H3,(H,46,51)(H,47,52)/t32-,33-,35?,37-,38-,39-,40+,44-/m1/s1. The maximum atomic E-state index is 15.4. The van der Waals surface area contributed by atoms with Gasteiger partial charge in [-0.05, 0) is 78.3 Å². The average Bonchev–Trinajstić information content (AvgIpc) is 3.56. The number of nitrogens with zero attached hydrogens (tertiary/aromatic N) is 1. The molecule has 7 rings (SSSR count). The number of carbonyl (C=O) groups excluding carboxylic acids is 2. The first-order valence-electron chi connectivity index (χ1n) is 18.7. The smallest absolute Gasteiger partial charge is 0.237 e. The Morgan fingerprint density at radius 1 is 0.904 bits per heavy atom. The molecule has 1 saturated heterocycles. The number of hydrogen-bond donors (Lipinski definition) is 4. The molecular formula is C44H50ClN3O4. The van der Waals surface area contributed by atoms with Gasteiger partial charge < -0.3 is 20.8 Å². The lowest BCUT2D eigenvalue weighted by atomic mass is 9.63. The summed E-state index contributed by atoms with van der Waals surface area (Å²) in [5.74, 6) is -0.829. The van der Waals surface area contributed by atoms with E-state index < -0.39 is 35.6 Å². The molecule has 1 spiro atoms. The van der Waals surface area contributed by atoms with Crippen molar-refractivity contribution in [2.45, 2.75) is 101 Å². The van der Waals surface area contributed by atoms with Gasteiger partial charge in [-0.3, -0.25) is 14.5 Å². The highest BCUT2D eigenvalue weighted by Crippen LogP contribution is 2.60. The van der Waals surface area contributed by atoms with E-state index in [4.69, 9.17) is 11.6 Å². The van der Waals surface area contributed by atoms with Crippen LogP contribution in [0.25, 0.3) is 0 Å². The number of likely N-dealkylation sites (tertiary alicyclic amines) is 1. The molecule has 1 saturated carbocycles. The number of nitrogens with one attached hydrogen (secondary N) is 2. The van der Waals surface area contributed by atoms with Gasteiger partial charge in [0.25, 0.3) is 0 Å². The van der Waals surface area contributed by atoms with Crippen LogP contribution in [0.5, 0.6) is 0 Å². The molecular weight excluding hydrogens is 670 g/mol. The van der Waals surface area contributed by atoms with E-state index in [-0.39, 0.29) is 29.4 Å². The van der Waals surface area contributed by atoms with Gasteiger partial charge in [0.1, 0.15) is 0 Å². The fourth-order valence-corrected chi connectivity index (χ4v) is 9.51. The monoisotopic (exact) mass is 719 g/mol. The largest absolute Gasteiger partial charge is 0.393 e. The Labute approximate surface area is 312 Å². The second-order valence-electron chi connectivity index (χ2n) is 16.2. The normalized spacial score (nSPS) is 27.2. The Morgan fingerprint density at radius 2 is 1.50 bits per heavy atom. The third kappa shape index (κ3) is 6.92. The summed E-state index contributed by atoms with van der Waals surface area (Å²) in [6.07, 6.45) is 2.24. The third-order valence-corrected chi connectivity index (χ3v) is 11.8. The predicted octanol–water partition coefficient (Wildman–Crippen LogP) is 7.77. The highest BCUT2D eigenvalue weighted by molar-refractivity contribution is 6.31. The minimum absolute atomic E-state index is 0.106. The second kappa shape index (κ2) is 14.8. The quantitative estimate of drug-likeness (QED) is 0.142. The number of benzene rings is 4. The zero-order valence-electron chi connectivity index (χ0n) is 30.2. The zero-order valence-corrected chi connectivity index (χ0v) is 31.0. The minimum Gasteiger partial charge on any atom is -0.393 e. The van der Waals surface area contributed by atoms with Crippen molar-refractivity contribution in [3.05, 3.63) is 136 Å². The number of aliphatic hydroxyl groups excluding tert-OH is 2. The van der Waals surface area contributed by atoms with Crippen molar-refractivity contribution in [2.75, 3.05) is 5.32 Å². The first-order valence-corrected chi connectivity index (χ1v) is 19.0. The number of carbonyl (C=O) groups is 2. The topological polar surface area (TPSA) is 102 Å². The molecule has 1 aliphatic carbocycles. The zero-order chi connectivity index (χ0) is 36.6. The molecule has 4 aromatic rings. The Kier molecular flexibility index (Phi) is 10.3. The van der Waals surface area contributed by atoms with Gasteiger partial charge in [0.2, 0.25) is 11.8 Å². The molecule has 7 nitrogen and oxygen atoms in total. The average molecular weight is 720 g/mol. The van der Waals surface area contributed by atoms with Crippen LogP contribution in [0, 0.1) is 11.3 Å². The van der Waals surface area contributed by atoms with Gasteiger partial charge >= 0.3 is 0 Å². The van der Waals surface area contributed by atoms with E-state index >= 15 is 9.59 Å². The maximum absolute atomic E-state index is 15.4. The van der Waals surface area contributed by atoms with Crippen molar-refractivity contribution in [1.29, 1.82) is 0 Å². The van der Waals surface area contributed by atoms with E-state index in [9.17, 15) is 10.2 Å². The molecule has 0 aromatic heterocycles. The molecule has 52 heavy (non-hydrogen) atoms. The summed E-state index contributed by atoms with van der Waals surface area (Å²) in [5, 5.41) is 30.1. The van der Waals surface area contributed by atoms with Crippen LogP contribution in [0.15, 0.2) is 109 Å². The summed E-state index contributed by atoms with van der Waals surface area (Å²) in [6.45, 7) is 6.52. The highest BCUT2D eigenvalue weighted by Gasteiger charge is 2.69. The summed E-state index contributed by atoms with van der Waals surface area (Å²) in [5.41, 5.74) is 2.67. The van der Waals surface area contributed by atoms with E-state index in [0.29, 0.717) is 49.2 Å². The van der Waals surface area contributed by atoms with E-state index in [2.05, 4.69) is 48.4 Å². The van der Waals surface area contributed by atoms with Gasteiger partial charge in [0.05, 0.1) is 29.7 Å². The van der Waals surface area contributed by atoms with Gasteiger partial charge in [-0.15, -0.1) is 0 Å². The maximum Gasteiger partial charge on any atom is 0.237 e. The van der Waals surface area contributed by atoms with Crippen molar-refractivity contribution >= 4 is 29.1 Å². The van der Waals surface area contributed by atoms with Crippen LogP contribution in [0.4, 0.5) is 5.69 Å². The van der Waals surface area contributed by atoms with Crippen LogP contribution in [-0.4, -0.2) is 51.2 Å². The molecule has 2 heterocycles. The number of amides is 2. The summed E-state index contributed by atoms with van der Waals surface area (Å²) < 4.78 is 0. The fourth-order valence-electron chi connectivity index (χ4n) is 9.34. The lowest BCUT2D eigenvalue weighted by Crippen LogP contribution is -2.54. The van der Waals surface area contributed by atoms with E-state index in [1.165, 1.54) is 0 Å². The molecule has 1 unspecified atom stereocenters. The van der Waals surface area contributed by atoms with Crippen LogP contribution >= 0.6 is 11.6 Å². The minimum atomic E-state index is -1.17. The molecule has 8 heteroatoms. The predicted molar refractivity (Wildman–Crippen MR) is 206 cm³/mol. The molecule has 2 aliphatic heterocycles. The molecule has 6 atom stereocenters. The van der Waals surface area contributed by atoms with Crippen LogP contribution in [-0.2, 0) is 21.4 Å². The van der Waals surface area contributed by atoms with Gasteiger partial charge in [0.15, 0.2) is 0 Å². The van der Waals surface area contributed by atoms with Crippen LogP contribution in [0.1, 0.15) is 87.3 Å². The number of anilines is 1. The summed E-state index contributed by atoms with van der Waals surface area (Å²) >= 11 is 6.56. The second-order valence-corrected chi connectivity index (χ2v) is 16.6. The number of halogens is 1. The summed E-state index contributed by atoms with van der Waals surface area (Å²) in [6, 6.07) is 33.2. The number of hydrogen-bond acceptors (Lipinski definition) is 5. The lowest BCUT2D eigenvalue weighted by molar-refractivity contribution is -0.131. The van der Waals surface area contributed by atoms with Gasteiger partial charge in [-0.2, -0.15) is 0 Å². The van der Waals surface area contributed by atoms with Crippen LogP contribution < -0.4 is 10.6 Å². The summed E-state index contributed by atoms with van der Waals surface area (Å²) in [4.78, 5) is 32.8. The molecule has 0 bridgehead atoms. The number of rotatable bonds is 9. The fraction of sp³-hybridized carbons (Fsp3) is 0.409. The molecule has 4 aromatic carbocycles. The molecule has 272 valence electrons. The Hall–Kier alpha value is -4.01. The van der Waals surface area contributed by atoms with Gasteiger partial charge in [-0.1, -0.05) is 129 Å². The van der Waals surface area contributed by atoms with Crippen molar-refractivity contribution < 1.29 is 19.8 Å². The molecule has 4 N–H and O–H groups in total. The van der Waals surface area contributed by atoms with Gasteiger partial charge in [0, 0.05) is 28.7 Å². The van der Waals surface area contributed by atoms with E-state index in [0.717, 1.165) is 22.3 Å². The van der Waals surface area contributed by atoms with Crippen molar-refractivity contribution in [1.82, 2.24) is 10.2 Å². The molecule has 2 fully saturated rings. The first-order chi connectivity index (χ1) is 25.0. The first kappa shape index (κ1) is 36.4. The Balaban J connectivity index is 1.51. The Morgan fingerprint density at radius 3 is 2.12 bits per heavy atom. The third-order valence-electron chi connectivity index (χ3n) is 11.5. The Bertz CT molecular complexity index is 1860. The van der Waals surface area contributed by atoms with Crippen molar-refractivity contribution in [3.8, 4) is 0 Å². The number of aliphatic hydroxyl groups is 2. The molecule has 3 aliphatic rings. The van der Waals surface area contributed by atoms with Crippen LogP contribution in [0.3, 0.4) is 0 Å². The highest BCUT2D eigenvalue weighted by atomic mass is 35.5. The number of fused-ring (bicyclic) bond motifs is 2. The SMILES string of the molecule is CC(C)(C)C[C@H]1N([C@H](c2ccccc2)[C@@H](O)c2ccccc2)[C@@H](C(=O)N[C@H]2CC[C@H](O)CC2)C(Cc2ccccc2)[C@@]12C(=O)Nc1cc(Cl)ccc12. The lowest BCUT2D eigenvalue weighted by Gasteiger charge is -2.44. The van der Waals surface area contributed by atoms with Crippen molar-refractivity contribution in [3.63, 3.8) is 0 Å². The molecule has 2 amide bonds. The van der Waals surface area contributed by atoms with E-state index in [1.807, 2.05) is 97.1 Å². The van der Waals surface area contributed by atoms with Crippen LogP contribution in [0.2, 0.25) is 5.02 Å². The van der Waals surface area contributed by atoms with Crippen molar-refractivity contribution in [2.24, 2.45) is 11.3 Å².